The van der Waals surface area contributed by atoms with Crippen LogP contribution in [0.15, 0.2) is 364 Å². The van der Waals surface area contributed by atoms with Crippen LogP contribution in [0, 0.1) is 0 Å². The van der Waals surface area contributed by atoms with E-state index in [1.807, 2.05) is 18.2 Å². The van der Waals surface area contributed by atoms with Gasteiger partial charge in [-0.3, -0.25) is 0 Å². The van der Waals surface area contributed by atoms with Crippen molar-refractivity contribution in [2.75, 3.05) is 9.80 Å². The summed E-state index contributed by atoms with van der Waals surface area (Å²) in [6, 6.07) is 121. The first kappa shape index (κ1) is 50.5. The van der Waals surface area contributed by atoms with E-state index in [1.54, 1.807) is 0 Å². The summed E-state index contributed by atoms with van der Waals surface area (Å²) in [5.74, 6) is 0. The molecule has 2 aliphatic heterocycles. The van der Waals surface area contributed by atoms with Crippen LogP contribution in [0.3, 0.4) is 0 Å². The van der Waals surface area contributed by atoms with Crippen LogP contribution in [0.1, 0.15) is 5.48 Å². The van der Waals surface area contributed by atoms with E-state index >= 15 is 0 Å². The van der Waals surface area contributed by atoms with E-state index in [0.717, 1.165) is 156 Å². The van der Waals surface area contributed by atoms with E-state index in [-0.39, 0.29) is 30.9 Å². The summed E-state index contributed by atoms with van der Waals surface area (Å²) < 4.78 is 40.5. The summed E-state index contributed by atoms with van der Waals surface area (Å²) >= 11 is 0. The van der Waals surface area contributed by atoms with Crippen LogP contribution in [-0.2, 0) is 0 Å². The maximum atomic E-state index is 10.1. The van der Waals surface area contributed by atoms with Gasteiger partial charge in [0.2, 0.25) is 0 Å². The topological polar surface area (TPSA) is 11.4 Å². The van der Waals surface area contributed by atoms with Crippen molar-refractivity contribution in [1.82, 2.24) is 4.57 Å². The van der Waals surface area contributed by atoms with E-state index in [9.17, 15) is 5.48 Å². The molecule has 4 heteroatoms. The lowest BCUT2D eigenvalue weighted by molar-refractivity contribution is 1.16. The first-order valence-corrected chi connectivity index (χ1v) is 32.2. The Morgan fingerprint density at radius 3 is 0.979 bits per heavy atom. The van der Waals surface area contributed by atoms with Crippen molar-refractivity contribution in [3.63, 3.8) is 0 Å². The molecule has 2 aliphatic rings. The highest BCUT2D eigenvalue weighted by atomic mass is 15.2. The van der Waals surface area contributed by atoms with Crippen molar-refractivity contribution in [2.45, 2.75) is 0 Å². The molecule has 15 aromatic carbocycles. The minimum Gasteiger partial charge on any atom is -0.310 e. The zero-order valence-electron chi connectivity index (χ0n) is 55.3. The number of para-hydroxylation sites is 4. The second kappa shape index (κ2) is 22.9. The van der Waals surface area contributed by atoms with E-state index in [2.05, 4.69) is 336 Å². The van der Waals surface area contributed by atoms with Crippen LogP contribution in [0.25, 0.3) is 117 Å². The van der Waals surface area contributed by atoms with E-state index in [1.165, 1.54) is 0 Å². The Morgan fingerprint density at radius 1 is 0.245 bits per heavy atom. The van der Waals surface area contributed by atoms with Crippen LogP contribution < -0.4 is 26.2 Å². The average Bonchev–Trinajstić information content (AvgIpc) is 0.840. The lowest BCUT2D eigenvalue weighted by atomic mass is 9.33. The Labute approximate surface area is 554 Å². The molecule has 0 unspecified atom stereocenters. The normalized spacial score (nSPS) is 12.8. The third kappa shape index (κ3) is 9.06. The van der Waals surface area contributed by atoms with E-state index in [0.29, 0.717) is 10.9 Å². The highest BCUT2D eigenvalue weighted by Crippen LogP contribution is 2.55. The van der Waals surface area contributed by atoms with Gasteiger partial charge in [-0.2, -0.15) is 0 Å². The molecule has 438 valence electrons. The number of nitrogens with zero attached hydrogens (tertiary/aromatic N) is 3. The van der Waals surface area contributed by atoms with Gasteiger partial charge in [-0.25, -0.2) is 0 Å². The lowest BCUT2D eigenvalue weighted by Gasteiger charge is -2.46. The average molecular weight is 1200 g/mol. The van der Waals surface area contributed by atoms with Gasteiger partial charge < -0.3 is 14.4 Å². The first-order valence-electron chi connectivity index (χ1n) is 34.2. The fraction of sp³-hybridized carbons (Fsp3) is 0. The van der Waals surface area contributed by atoms with Crippen LogP contribution in [0.2, 0.25) is 0 Å². The minimum absolute atomic E-state index is 0.0818. The highest BCUT2D eigenvalue weighted by molar-refractivity contribution is 7.00. The highest BCUT2D eigenvalue weighted by Gasteiger charge is 2.46. The molecular formula is C90H60BN3. The van der Waals surface area contributed by atoms with Crippen LogP contribution in [0.4, 0.5) is 34.1 Å². The number of anilines is 6. The van der Waals surface area contributed by atoms with Gasteiger partial charge in [0.15, 0.2) is 0 Å². The summed E-state index contributed by atoms with van der Waals surface area (Å²) in [5.41, 5.74) is 28.2. The molecule has 0 bridgehead atoms. The third-order valence-corrected chi connectivity index (χ3v) is 19.1. The largest absolute Gasteiger partial charge is 0.310 e. The Bertz CT molecular complexity index is 5410. The van der Waals surface area contributed by atoms with Crippen molar-refractivity contribution in [2.24, 2.45) is 0 Å². The number of benzene rings is 15. The monoisotopic (exact) mass is 1200 g/mol. The van der Waals surface area contributed by atoms with Gasteiger partial charge in [0.1, 0.15) is 0 Å². The number of fused-ring (bicyclic) bond motifs is 7. The Kier molecular flexibility index (Phi) is 12.3. The summed E-state index contributed by atoms with van der Waals surface area (Å²) in [4.78, 5) is 5.09. The molecule has 0 spiro atoms. The number of hydrogen-bond acceptors (Lipinski definition) is 2. The SMILES string of the molecule is [2H]c1c([2H])c([2H])c2c(c1[2H])c1ccccc1n2-c1cc2c3c(c1)N(c1c(-c4ccccc4)cccc1-c1ccccc1)c1cc(-c4ccccc4-c4ccccc4)ccc1B3c1ccc(-c3ccccc3-c3ccccc3)cc1N2c1c(-c2ccccc2)cccc1-c1ccccc1. The van der Waals surface area contributed by atoms with Crippen LogP contribution in [0.5, 0.6) is 0 Å². The zero-order valence-corrected chi connectivity index (χ0v) is 51.3. The molecule has 0 atom stereocenters. The molecule has 94 heavy (non-hydrogen) atoms. The third-order valence-electron chi connectivity index (χ3n) is 19.1. The first-order chi connectivity index (χ1) is 48.4. The molecule has 18 rings (SSSR count). The van der Waals surface area contributed by atoms with Crippen molar-refractivity contribution in [3.05, 3.63) is 364 Å². The number of aromatic nitrogens is 1. The molecule has 1 aromatic heterocycles. The Morgan fingerprint density at radius 2 is 0.574 bits per heavy atom. The number of hydrogen-bond donors (Lipinski definition) is 0. The molecule has 0 radical (unpaired) electrons. The zero-order chi connectivity index (χ0) is 65.5. The fourth-order valence-electron chi connectivity index (χ4n) is 15.0. The smallest absolute Gasteiger partial charge is 0.252 e. The van der Waals surface area contributed by atoms with Crippen molar-refractivity contribution < 1.29 is 5.48 Å². The summed E-state index contributed by atoms with van der Waals surface area (Å²) in [7, 11) is 0. The fourth-order valence-corrected chi connectivity index (χ4v) is 15.0. The van der Waals surface area contributed by atoms with Gasteiger partial charge in [0, 0.05) is 55.8 Å². The molecule has 0 aliphatic carbocycles. The molecule has 0 amide bonds. The maximum absolute atomic E-state index is 10.1. The lowest BCUT2D eigenvalue weighted by Crippen LogP contribution is -2.61. The van der Waals surface area contributed by atoms with E-state index < -0.39 is 0 Å². The Hall–Kier alpha value is -12.2. The second-order valence-corrected chi connectivity index (χ2v) is 24.3. The molecule has 0 saturated carbocycles. The molecule has 3 heterocycles. The summed E-state index contributed by atoms with van der Waals surface area (Å²) in [6.45, 7) is -0.369. The van der Waals surface area contributed by atoms with E-state index in [4.69, 9.17) is 0 Å². The summed E-state index contributed by atoms with van der Waals surface area (Å²) in [6.07, 6.45) is 0. The summed E-state index contributed by atoms with van der Waals surface area (Å²) in [5, 5.41) is 1.19. The van der Waals surface area contributed by atoms with Gasteiger partial charge in [0.25, 0.3) is 6.71 Å². The standard InChI is InChI=1S/C90H60BN3/c1-7-29-61(30-8-1)70-41-19-21-43-72(70)67-53-55-80-84(57-67)93(89-74(63-33-11-3-12-34-63)47-27-48-75(89)64-35-13-4-14-36-64)86-59-69(92-82-51-25-23-45-78(82)79-46-24-26-52-83(79)92)60-87-88(86)91(80)81-56-54-68(73-44-22-20-42-71(73)62-31-9-2-10-32-62)58-85(81)94(87)90-76(65-37-15-5-16-38-65)49-28-50-77(90)66-39-17-6-18-40-66/h1-60H/i23D,25D,45D,51D. The molecule has 0 fully saturated rings. The van der Waals surface area contributed by atoms with Gasteiger partial charge in [-0.05, 0) is 120 Å². The molecule has 3 nitrogen and oxygen atoms in total. The predicted octanol–water partition coefficient (Wildman–Crippen LogP) is 22.2. The molecule has 0 N–H and O–H groups in total. The van der Waals surface area contributed by atoms with Crippen molar-refractivity contribution in [3.8, 4) is 94.7 Å². The maximum Gasteiger partial charge on any atom is 0.252 e. The molecular weight excluding hydrogens is 1130 g/mol. The Balaban J connectivity index is 1.05. The van der Waals surface area contributed by atoms with Gasteiger partial charge >= 0.3 is 0 Å². The minimum atomic E-state index is -0.369. The van der Waals surface area contributed by atoms with Gasteiger partial charge in [-0.15, -0.1) is 0 Å². The van der Waals surface area contributed by atoms with Crippen molar-refractivity contribution in [1.29, 1.82) is 0 Å². The van der Waals surface area contributed by atoms with Crippen LogP contribution >= 0.6 is 0 Å². The molecule has 0 saturated heterocycles. The van der Waals surface area contributed by atoms with Crippen molar-refractivity contribution >= 4 is 79.0 Å². The molecule has 16 aromatic rings. The second-order valence-electron chi connectivity index (χ2n) is 24.3. The van der Waals surface area contributed by atoms with Gasteiger partial charge in [0.05, 0.1) is 33.6 Å². The quantitative estimate of drug-likeness (QED) is 0.120. The van der Waals surface area contributed by atoms with Crippen LogP contribution in [-0.4, -0.2) is 11.3 Å². The predicted molar refractivity (Wildman–Crippen MR) is 398 cm³/mol. The number of rotatable bonds is 11. The van der Waals surface area contributed by atoms with Gasteiger partial charge in [-0.1, -0.05) is 328 Å².